The lowest BCUT2D eigenvalue weighted by atomic mass is 10.0. The van der Waals surface area contributed by atoms with Crippen LogP contribution < -0.4 is 5.32 Å². The monoisotopic (exact) mass is 283 g/mol. The summed E-state index contributed by atoms with van der Waals surface area (Å²) in [5.74, 6) is 0.596. The molecule has 2 rings (SSSR count). The third-order valence-corrected chi connectivity index (χ3v) is 3.46. The van der Waals surface area contributed by atoms with Crippen LogP contribution in [0.15, 0.2) is 30.0 Å². The zero-order valence-electron chi connectivity index (χ0n) is 11.1. The van der Waals surface area contributed by atoms with Crippen molar-refractivity contribution < 1.29 is 9.13 Å². The first-order valence-electron chi connectivity index (χ1n) is 6.71. The average Bonchev–Trinajstić information content (AvgIpc) is 2.93. The van der Waals surface area contributed by atoms with Crippen molar-refractivity contribution in [3.63, 3.8) is 0 Å². The van der Waals surface area contributed by atoms with Crippen LogP contribution in [-0.2, 0) is 11.2 Å². The quantitative estimate of drug-likeness (QED) is 0.860. The molecule has 0 radical (unpaired) electrons. The molecule has 1 atom stereocenters. The number of hydrogen-bond acceptors (Lipinski definition) is 2. The molecule has 19 heavy (non-hydrogen) atoms. The van der Waals surface area contributed by atoms with Gasteiger partial charge in [-0.15, -0.1) is 0 Å². The number of nitrogens with one attached hydrogen (secondary N) is 1. The second kappa shape index (κ2) is 6.92. The van der Waals surface area contributed by atoms with E-state index in [-0.39, 0.29) is 16.9 Å². The summed E-state index contributed by atoms with van der Waals surface area (Å²) in [6, 6.07) is 5.15. The van der Waals surface area contributed by atoms with Crippen molar-refractivity contribution >= 4 is 11.6 Å². The maximum absolute atomic E-state index is 14.0. The van der Waals surface area contributed by atoms with E-state index in [1.165, 1.54) is 0 Å². The van der Waals surface area contributed by atoms with E-state index in [0.717, 1.165) is 31.8 Å². The third kappa shape index (κ3) is 3.71. The van der Waals surface area contributed by atoms with Gasteiger partial charge in [0.2, 0.25) is 0 Å². The van der Waals surface area contributed by atoms with Gasteiger partial charge in [-0.25, -0.2) is 4.39 Å². The van der Waals surface area contributed by atoms with Gasteiger partial charge in [-0.3, -0.25) is 0 Å². The summed E-state index contributed by atoms with van der Waals surface area (Å²) in [5.41, 5.74) is 0.623. The fourth-order valence-corrected chi connectivity index (χ4v) is 2.39. The van der Waals surface area contributed by atoms with Crippen molar-refractivity contribution in [2.45, 2.75) is 32.2 Å². The molecule has 0 saturated heterocycles. The second-order valence-electron chi connectivity index (χ2n) is 4.67. The van der Waals surface area contributed by atoms with Crippen LogP contribution in [0.3, 0.4) is 0 Å². The van der Waals surface area contributed by atoms with Crippen LogP contribution in [0.4, 0.5) is 4.39 Å². The molecule has 0 amide bonds. The fraction of sp³-hybridized carbons (Fsp3) is 0.467. The minimum atomic E-state index is -0.328. The summed E-state index contributed by atoms with van der Waals surface area (Å²) in [7, 11) is 0. The first kappa shape index (κ1) is 14.4. The van der Waals surface area contributed by atoms with Crippen molar-refractivity contribution in [2.24, 2.45) is 0 Å². The lowest BCUT2D eigenvalue weighted by Crippen LogP contribution is -2.34. The molecule has 0 spiro atoms. The molecule has 0 saturated carbocycles. The standard InChI is InChI=1S/C15H19ClFNO/c1-2-8-18-13(14-7-4-9-19-14)10-11-5-3-6-12(16)15(11)17/h3,5-7,13,18H,2,4,8-10H2,1H3. The second-order valence-corrected chi connectivity index (χ2v) is 5.07. The highest BCUT2D eigenvalue weighted by atomic mass is 35.5. The number of rotatable bonds is 6. The Morgan fingerprint density at radius 3 is 3.00 bits per heavy atom. The Hall–Kier alpha value is -1.06. The predicted molar refractivity (Wildman–Crippen MR) is 75.8 cm³/mol. The predicted octanol–water partition coefficient (Wildman–Crippen LogP) is 3.69. The highest BCUT2D eigenvalue weighted by Crippen LogP contribution is 2.22. The number of hydrogen-bond donors (Lipinski definition) is 1. The van der Waals surface area contributed by atoms with Gasteiger partial charge in [0.1, 0.15) is 11.6 Å². The molecule has 0 aliphatic carbocycles. The van der Waals surface area contributed by atoms with E-state index in [9.17, 15) is 4.39 Å². The van der Waals surface area contributed by atoms with Gasteiger partial charge in [-0.2, -0.15) is 0 Å². The van der Waals surface area contributed by atoms with Crippen molar-refractivity contribution in [1.29, 1.82) is 0 Å². The zero-order chi connectivity index (χ0) is 13.7. The molecule has 1 heterocycles. The fourth-order valence-electron chi connectivity index (χ4n) is 2.20. The summed E-state index contributed by atoms with van der Waals surface area (Å²) >= 11 is 5.82. The van der Waals surface area contributed by atoms with Crippen molar-refractivity contribution in [1.82, 2.24) is 5.32 Å². The summed E-state index contributed by atoms with van der Waals surface area (Å²) < 4.78 is 19.5. The van der Waals surface area contributed by atoms with E-state index < -0.39 is 0 Å². The van der Waals surface area contributed by atoms with E-state index in [1.807, 2.05) is 0 Å². The maximum atomic E-state index is 14.0. The molecule has 1 aromatic rings. The Bertz CT molecular complexity index is 461. The molecule has 1 unspecified atom stereocenters. The SMILES string of the molecule is CCCNC(Cc1cccc(Cl)c1F)C1=CCCO1. The summed E-state index contributed by atoms with van der Waals surface area (Å²) in [5, 5.41) is 3.58. The molecular weight excluding hydrogens is 265 g/mol. The molecule has 0 bridgehead atoms. The van der Waals surface area contributed by atoms with Crippen LogP contribution in [0, 0.1) is 5.82 Å². The molecule has 0 aromatic heterocycles. The van der Waals surface area contributed by atoms with Gasteiger partial charge < -0.3 is 10.1 Å². The first-order chi connectivity index (χ1) is 9.22. The Labute approximate surface area is 118 Å². The molecule has 2 nitrogen and oxygen atoms in total. The molecule has 4 heteroatoms. The Morgan fingerprint density at radius 1 is 1.47 bits per heavy atom. The van der Waals surface area contributed by atoms with Gasteiger partial charge in [-0.05, 0) is 37.1 Å². The van der Waals surface area contributed by atoms with Crippen LogP contribution in [-0.4, -0.2) is 19.2 Å². The van der Waals surface area contributed by atoms with Gasteiger partial charge in [0.25, 0.3) is 0 Å². The zero-order valence-corrected chi connectivity index (χ0v) is 11.8. The number of ether oxygens (including phenoxy) is 1. The Kier molecular flexibility index (Phi) is 5.23. The topological polar surface area (TPSA) is 21.3 Å². The van der Waals surface area contributed by atoms with Crippen LogP contribution in [0.1, 0.15) is 25.3 Å². The smallest absolute Gasteiger partial charge is 0.145 e. The highest BCUT2D eigenvalue weighted by molar-refractivity contribution is 6.30. The van der Waals surface area contributed by atoms with Crippen LogP contribution >= 0.6 is 11.6 Å². The van der Waals surface area contributed by atoms with E-state index in [1.54, 1.807) is 18.2 Å². The molecular formula is C15H19ClFNO. The summed E-state index contributed by atoms with van der Waals surface area (Å²) in [4.78, 5) is 0. The minimum absolute atomic E-state index is 0.0235. The molecule has 1 aromatic carbocycles. The van der Waals surface area contributed by atoms with Crippen molar-refractivity contribution in [3.05, 3.63) is 46.4 Å². The number of benzene rings is 1. The normalized spacial score (nSPS) is 16.1. The molecule has 1 N–H and O–H groups in total. The van der Waals surface area contributed by atoms with Gasteiger partial charge in [0.15, 0.2) is 0 Å². The largest absolute Gasteiger partial charge is 0.496 e. The highest BCUT2D eigenvalue weighted by Gasteiger charge is 2.20. The van der Waals surface area contributed by atoms with Gasteiger partial charge >= 0.3 is 0 Å². The Morgan fingerprint density at radius 2 is 2.32 bits per heavy atom. The first-order valence-corrected chi connectivity index (χ1v) is 7.09. The summed E-state index contributed by atoms with van der Waals surface area (Å²) in [6.45, 7) is 3.71. The van der Waals surface area contributed by atoms with Crippen LogP contribution in [0.2, 0.25) is 5.02 Å². The summed E-state index contributed by atoms with van der Waals surface area (Å²) in [6.07, 6.45) is 4.59. The average molecular weight is 284 g/mol. The third-order valence-electron chi connectivity index (χ3n) is 3.17. The van der Waals surface area contributed by atoms with Gasteiger partial charge in [0.05, 0.1) is 17.7 Å². The van der Waals surface area contributed by atoms with Crippen LogP contribution in [0.25, 0.3) is 0 Å². The molecule has 104 valence electrons. The minimum Gasteiger partial charge on any atom is -0.496 e. The lowest BCUT2D eigenvalue weighted by Gasteiger charge is -2.20. The number of halogens is 2. The van der Waals surface area contributed by atoms with Gasteiger partial charge in [0, 0.05) is 6.42 Å². The van der Waals surface area contributed by atoms with E-state index in [4.69, 9.17) is 16.3 Å². The van der Waals surface area contributed by atoms with Gasteiger partial charge in [-0.1, -0.05) is 30.7 Å². The van der Waals surface area contributed by atoms with E-state index in [0.29, 0.717) is 12.0 Å². The van der Waals surface area contributed by atoms with Crippen molar-refractivity contribution in [2.75, 3.05) is 13.2 Å². The Balaban J connectivity index is 2.12. The lowest BCUT2D eigenvalue weighted by molar-refractivity contribution is 0.214. The molecule has 1 aliphatic heterocycles. The molecule has 0 fully saturated rings. The van der Waals surface area contributed by atoms with E-state index in [2.05, 4.69) is 18.3 Å². The van der Waals surface area contributed by atoms with E-state index >= 15 is 0 Å². The maximum Gasteiger partial charge on any atom is 0.145 e. The molecule has 1 aliphatic rings. The van der Waals surface area contributed by atoms with Crippen LogP contribution in [0.5, 0.6) is 0 Å². The van der Waals surface area contributed by atoms with Crippen molar-refractivity contribution in [3.8, 4) is 0 Å².